The van der Waals surface area contributed by atoms with E-state index >= 15 is 0 Å². The molecule has 0 spiro atoms. The third kappa shape index (κ3) is 6.22. The van der Waals surface area contributed by atoms with Gasteiger partial charge < -0.3 is 10.1 Å². The van der Waals surface area contributed by atoms with Gasteiger partial charge in [-0.05, 0) is 30.3 Å². The van der Waals surface area contributed by atoms with Crippen molar-refractivity contribution in [1.29, 1.82) is 0 Å². The highest BCUT2D eigenvalue weighted by atomic mass is 35.5. The predicted molar refractivity (Wildman–Crippen MR) is 91.4 cm³/mol. The number of carbonyl (C=O) groups excluding carboxylic acids is 2. The second-order valence-corrected chi connectivity index (χ2v) is 6.26. The second kappa shape index (κ2) is 9.30. The number of ether oxygens (including phenoxy) is 1. The van der Waals surface area contributed by atoms with Gasteiger partial charge >= 0.3 is 5.97 Å². The van der Waals surface area contributed by atoms with Gasteiger partial charge in [-0.15, -0.1) is 11.8 Å². The first-order valence-corrected chi connectivity index (χ1v) is 8.45. The zero-order valence-corrected chi connectivity index (χ0v) is 14.2. The third-order valence-electron chi connectivity index (χ3n) is 2.97. The molecule has 4 nitrogen and oxygen atoms in total. The van der Waals surface area contributed by atoms with E-state index in [0.29, 0.717) is 10.6 Å². The lowest BCUT2D eigenvalue weighted by atomic mass is 10.2. The van der Waals surface area contributed by atoms with Crippen molar-refractivity contribution in [2.24, 2.45) is 0 Å². The van der Waals surface area contributed by atoms with Crippen LogP contribution >= 0.6 is 23.4 Å². The van der Waals surface area contributed by atoms with Gasteiger partial charge in [0, 0.05) is 22.0 Å². The van der Waals surface area contributed by atoms with Crippen molar-refractivity contribution >= 4 is 35.2 Å². The van der Waals surface area contributed by atoms with Crippen LogP contribution in [0, 0.1) is 5.82 Å². The molecule has 0 bridgehead atoms. The molecule has 2 aromatic rings. The van der Waals surface area contributed by atoms with Gasteiger partial charge in [0.15, 0.2) is 6.61 Å². The topological polar surface area (TPSA) is 55.4 Å². The van der Waals surface area contributed by atoms with Crippen LogP contribution in [0.25, 0.3) is 0 Å². The minimum Gasteiger partial charge on any atom is -0.455 e. The quantitative estimate of drug-likeness (QED) is 0.601. The Morgan fingerprint density at radius 3 is 2.54 bits per heavy atom. The van der Waals surface area contributed by atoms with E-state index in [1.165, 1.54) is 17.8 Å². The molecule has 2 aromatic carbocycles. The van der Waals surface area contributed by atoms with Crippen molar-refractivity contribution < 1.29 is 18.7 Å². The van der Waals surface area contributed by atoms with Crippen molar-refractivity contribution in [3.8, 4) is 0 Å². The summed E-state index contributed by atoms with van der Waals surface area (Å²) in [5.74, 6) is -1.30. The molecule has 0 aliphatic heterocycles. The number of thioether (sulfide) groups is 1. The van der Waals surface area contributed by atoms with Crippen LogP contribution < -0.4 is 5.32 Å². The minimum atomic E-state index is -0.504. The molecule has 126 valence electrons. The first-order chi connectivity index (χ1) is 11.5. The fourth-order valence-corrected chi connectivity index (χ4v) is 2.57. The average Bonchev–Trinajstić information content (AvgIpc) is 2.58. The van der Waals surface area contributed by atoms with Crippen LogP contribution in [0.2, 0.25) is 5.02 Å². The number of halogens is 2. The summed E-state index contributed by atoms with van der Waals surface area (Å²) in [7, 11) is 0. The molecule has 0 saturated heterocycles. The number of rotatable bonds is 7. The maximum atomic E-state index is 13.4. The molecule has 0 radical (unpaired) electrons. The molecule has 0 fully saturated rings. The van der Waals surface area contributed by atoms with Gasteiger partial charge in [0.2, 0.25) is 0 Å². The van der Waals surface area contributed by atoms with E-state index in [1.807, 2.05) is 0 Å². The lowest BCUT2D eigenvalue weighted by molar-refractivity contribution is -0.145. The van der Waals surface area contributed by atoms with E-state index < -0.39 is 24.3 Å². The molecule has 0 aromatic heterocycles. The smallest absolute Gasteiger partial charge is 0.316 e. The molecule has 7 heteroatoms. The maximum Gasteiger partial charge on any atom is 0.316 e. The molecule has 0 saturated carbocycles. The molecular formula is C17H15ClFNO3S. The van der Waals surface area contributed by atoms with Crippen LogP contribution in [0.3, 0.4) is 0 Å². The zero-order valence-electron chi connectivity index (χ0n) is 12.6. The Kier molecular flexibility index (Phi) is 7.08. The molecule has 1 N–H and O–H groups in total. The van der Waals surface area contributed by atoms with Crippen molar-refractivity contribution in [3.63, 3.8) is 0 Å². The Balaban J connectivity index is 1.66. The number of nitrogens with one attached hydrogen (secondary N) is 1. The summed E-state index contributed by atoms with van der Waals surface area (Å²) in [6.07, 6.45) is 0. The molecule has 1 amide bonds. The van der Waals surface area contributed by atoms with Crippen LogP contribution in [0.15, 0.2) is 53.4 Å². The fraction of sp³-hybridized carbons (Fsp3) is 0.176. The summed E-state index contributed by atoms with van der Waals surface area (Å²) in [6.45, 7) is -0.350. The number of esters is 1. The van der Waals surface area contributed by atoms with Gasteiger partial charge in [-0.25, -0.2) is 4.39 Å². The summed E-state index contributed by atoms with van der Waals surface area (Å²) in [5.41, 5.74) is 0.371. The van der Waals surface area contributed by atoms with E-state index in [4.69, 9.17) is 16.3 Å². The molecule has 0 aliphatic rings. The van der Waals surface area contributed by atoms with Crippen LogP contribution in [-0.4, -0.2) is 24.2 Å². The fourth-order valence-electron chi connectivity index (χ4n) is 1.75. The maximum absolute atomic E-state index is 13.4. The first-order valence-electron chi connectivity index (χ1n) is 7.08. The highest BCUT2D eigenvalue weighted by molar-refractivity contribution is 8.00. The van der Waals surface area contributed by atoms with Gasteiger partial charge in [0.25, 0.3) is 5.91 Å². The number of amides is 1. The van der Waals surface area contributed by atoms with E-state index in [-0.39, 0.29) is 12.3 Å². The summed E-state index contributed by atoms with van der Waals surface area (Å²) in [4.78, 5) is 24.1. The van der Waals surface area contributed by atoms with E-state index in [9.17, 15) is 14.0 Å². The monoisotopic (exact) mass is 367 g/mol. The Hall–Kier alpha value is -2.05. The average molecular weight is 368 g/mol. The molecule has 0 aliphatic carbocycles. The van der Waals surface area contributed by atoms with Crippen molar-refractivity contribution in [3.05, 3.63) is 64.9 Å². The summed E-state index contributed by atoms with van der Waals surface area (Å²) >= 11 is 7.06. The predicted octanol–water partition coefficient (Wildman–Crippen LogP) is 3.43. The minimum absolute atomic E-state index is 0.0442. The van der Waals surface area contributed by atoms with Crippen molar-refractivity contribution in [2.75, 3.05) is 12.4 Å². The number of hydrogen-bond donors (Lipinski definition) is 1. The van der Waals surface area contributed by atoms with Crippen LogP contribution in [0.5, 0.6) is 0 Å². The van der Waals surface area contributed by atoms with Crippen LogP contribution in [-0.2, 0) is 20.9 Å². The Morgan fingerprint density at radius 1 is 1.12 bits per heavy atom. The molecule has 0 unspecified atom stereocenters. The zero-order chi connectivity index (χ0) is 17.4. The molecule has 24 heavy (non-hydrogen) atoms. The summed E-state index contributed by atoms with van der Waals surface area (Å²) in [5, 5.41) is 3.12. The van der Waals surface area contributed by atoms with Crippen LogP contribution in [0.4, 0.5) is 4.39 Å². The molecule has 0 heterocycles. The Labute approximate surface area is 148 Å². The van der Waals surface area contributed by atoms with Gasteiger partial charge in [0.05, 0.1) is 5.75 Å². The molecular weight excluding hydrogens is 353 g/mol. The van der Waals surface area contributed by atoms with E-state index in [1.54, 1.807) is 42.5 Å². The number of carbonyl (C=O) groups is 2. The van der Waals surface area contributed by atoms with Crippen molar-refractivity contribution in [2.45, 2.75) is 11.4 Å². The largest absolute Gasteiger partial charge is 0.455 e. The van der Waals surface area contributed by atoms with Gasteiger partial charge in [-0.3, -0.25) is 9.59 Å². The molecule has 0 atom stereocenters. The third-order valence-corrected chi connectivity index (χ3v) is 4.21. The number of hydrogen-bond acceptors (Lipinski definition) is 4. The standard InChI is InChI=1S/C17H15ClFNO3S/c18-13-5-7-14(8-6-13)24-11-17(22)23-10-16(21)20-9-12-3-1-2-4-15(12)19/h1-8H,9-11H2,(H,20,21). The highest BCUT2D eigenvalue weighted by Gasteiger charge is 2.09. The number of benzene rings is 2. The second-order valence-electron chi connectivity index (χ2n) is 4.77. The lowest BCUT2D eigenvalue weighted by Gasteiger charge is -2.07. The van der Waals surface area contributed by atoms with Crippen LogP contribution in [0.1, 0.15) is 5.56 Å². The Bertz CT molecular complexity index is 709. The summed E-state index contributed by atoms with van der Waals surface area (Å²) < 4.78 is 18.3. The van der Waals surface area contributed by atoms with Gasteiger partial charge in [0.1, 0.15) is 5.82 Å². The van der Waals surface area contributed by atoms with E-state index in [0.717, 1.165) is 4.90 Å². The lowest BCUT2D eigenvalue weighted by Crippen LogP contribution is -2.29. The first kappa shape index (κ1) is 18.3. The van der Waals surface area contributed by atoms with Gasteiger partial charge in [-0.1, -0.05) is 29.8 Å². The summed E-state index contributed by atoms with van der Waals surface area (Å²) in [6, 6.07) is 13.2. The van der Waals surface area contributed by atoms with E-state index in [2.05, 4.69) is 5.32 Å². The normalized spacial score (nSPS) is 10.2. The molecule has 2 rings (SSSR count). The Morgan fingerprint density at radius 2 is 1.83 bits per heavy atom. The van der Waals surface area contributed by atoms with Gasteiger partial charge in [-0.2, -0.15) is 0 Å². The highest BCUT2D eigenvalue weighted by Crippen LogP contribution is 2.20. The SMILES string of the molecule is O=C(COC(=O)CSc1ccc(Cl)cc1)NCc1ccccc1F. The van der Waals surface area contributed by atoms with Crippen molar-refractivity contribution in [1.82, 2.24) is 5.32 Å².